The second-order valence-electron chi connectivity index (χ2n) is 4.35. The van der Waals surface area contributed by atoms with Crippen LogP contribution in [0.3, 0.4) is 0 Å². The minimum Gasteiger partial charge on any atom is -0.478 e. The van der Waals surface area contributed by atoms with Gasteiger partial charge in [0, 0.05) is 23.7 Å². The molecule has 0 bridgehead atoms. The number of hydrogen-bond acceptors (Lipinski definition) is 3. The second kappa shape index (κ2) is 6.34. The van der Waals surface area contributed by atoms with Crippen molar-refractivity contribution in [2.75, 3.05) is 11.9 Å². The number of thiophene rings is 1. The third-order valence-electron chi connectivity index (χ3n) is 2.75. The van der Waals surface area contributed by atoms with Gasteiger partial charge in [-0.3, -0.25) is 0 Å². The molecule has 0 atom stereocenters. The zero-order valence-corrected chi connectivity index (χ0v) is 11.7. The molecule has 2 rings (SSSR count). The number of anilines is 1. The molecular weight excluding hydrogens is 277 g/mol. The van der Waals surface area contributed by atoms with Crippen molar-refractivity contribution in [2.45, 2.75) is 6.54 Å². The zero-order valence-electron chi connectivity index (χ0n) is 10.9. The van der Waals surface area contributed by atoms with E-state index in [0.717, 1.165) is 22.2 Å². The standard InChI is InChI=1S/C15H14FNO2S/c1-17(13-5-3-12(16)4-6-13)9-14-8-11(10-20-14)2-7-15(18)19/h2-8,10H,9H2,1H3,(H,18,19). The SMILES string of the molecule is CN(Cc1cc(C=CC(=O)O)cs1)c1ccc(F)cc1. The van der Waals surface area contributed by atoms with Crippen molar-refractivity contribution >= 4 is 29.1 Å². The largest absolute Gasteiger partial charge is 0.478 e. The maximum atomic E-state index is 12.9. The molecule has 3 nitrogen and oxygen atoms in total. The summed E-state index contributed by atoms with van der Waals surface area (Å²) < 4.78 is 12.9. The summed E-state index contributed by atoms with van der Waals surface area (Å²) in [5.74, 6) is -1.21. The van der Waals surface area contributed by atoms with Crippen molar-refractivity contribution in [3.63, 3.8) is 0 Å². The molecule has 1 N–H and O–H groups in total. The van der Waals surface area contributed by atoms with Gasteiger partial charge in [0.05, 0.1) is 6.54 Å². The lowest BCUT2D eigenvalue weighted by Gasteiger charge is -2.18. The van der Waals surface area contributed by atoms with E-state index in [0.29, 0.717) is 6.54 Å². The van der Waals surface area contributed by atoms with Gasteiger partial charge >= 0.3 is 5.97 Å². The van der Waals surface area contributed by atoms with Crippen molar-refractivity contribution in [1.82, 2.24) is 0 Å². The van der Waals surface area contributed by atoms with Gasteiger partial charge in [-0.15, -0.1) is 11.3 Å². The summed E-state index contributed by atoms with van der Waals surface area (Å²) in [5, 5.41) is 10.5. The molecular formula is C15H14FNO2S. The van der Waals surface area contributed by atoms with Crippen LogP contribution in [0.15, 0.2) is 41.8 Å². The molecule has 5 heteroatoms. The van der Waals surface area contributed by atoms with Gasteiger partial charge in [-0.2, -0.15) is 0 Å². The van der Waals surface area contributed by atoms with Gasteiger partial charge in [0.1, 0.15) is 5.82 Å². The molecule has 0 unspecified atom stereocenters. The Morgan fingerprint density at radius 3 is 2.75 bits per heavy atom. The Morgan fingerprint density at radius 2 is 2.10 bits per heavy atom. The summed E-state index contributed by atoms with van der Waals surface area (Å²) in [4.78, 5) is 13.6. The minimum absolute atomic E-state index is 0.251. The first kappa shape index (κ1) is 14.3. The molecule has 0 radical (unpaired) electrons. The number of carboxylic acid groups (broad SMARTS) is 1. The van der Waals surface area contributed by atoms with Crippen molar-refractivity contribution in [2.24, 2.45) is 0 Å². The fraction of sp³-hybridized carbons (Fsp3) is 0.133. The predicted octanol–water partition coefficient (Wildman–Crippen LogP) is 3.62. The molecule has 104 valence electrons. The predicted molar refractivity (Wildman–Crippen MR) is 79.5 cm³/mol. The molecule has 0 amide bonds. The monoisotopic (exact) mass is 291 g/mol. The molecule has 1 heterocycles. The molecule has 0 saturated heterocycles. The van der Waals surface area contributed by atoms with Gasteiger partial charge in [-0.25, -0.2) is 9.18 Å². The quantitative estimate of drug-likeness (QED) is 0.855. The number of aliphatic carboxylic acids is 1. The van der Waals surface area contributed by atoms with Crippen molar-refractivity contribution in [3.05, 3.63) is 58.0 Å². The van der Waals surface area contributed by atoms with Gasteiger partial charge in [-0.05, 0) is 47.4 Å². The first-order valence-electron chi connectivity index (χ1n) is 6.00. The lowest BCUT2D eigenvalue weighted by atomic mass is 10.2. The highest BCUT2D eigenvalue weighted by atomic mass is 32.1. The number of hydrogen-bond donors (Lipinski definition) is 1. The third-order valence-corrected chi connectivity index (χ3v) is 3.69. The van der Waals surface area contributed by atoms with Crippen LogP contribution >= 0.6 is 11.3 Å². The molecule has 2 aromatic rings. The summed E-state index contributed by atoms with van der Waals surface area (Å²) in [5.41, 5.74) is 1.81. The van der Waals surface area contributed by atoms with Crippen molar-refractivity contribution in [1.29, 1.82) is 0 Å². The van der Waals surface area contributed by atoms with E-state index < -0.39 is 5.97 Å². The van der Waals surface area contributed by atoms with E-state index in [1.165, 1.54) is 12.1 Å². The van der Waals surface area contributed by atoms with Crippen LogP contribution < -0.4 is 4.90 Å². The average molecular weight is 291 g/mol. The number of carbonyl (C=O) groups is 1. The Balaban J connectivity index is 2.03. The number of rotatable bonds is 5. The van der Waals surface area contributed by atoms with Crippen molar-refractivity contribution < 1.29 is 14.3 Å². The normalized spacial score (nSPS) is 10.9. The van der Waals surface area contributed by atoms with E-state index in [2.05, 4.69) is 0 Å². The Hall–Kier alpha value is -2.14. The summed E-state index contributed by atoms with van der Waals surface area (Å²) in [6.07, 6.45) is 2.69. The number of nitrogens with zero attached hydrogens (tertiary/aromatic N) is 1. The molecule has 20 heavy (non-hydrogen) atoms. The van der Waals surface area contributed by atoms with E-state index in [1.54, 1.807) is 29.5 Å². The first-order chi connectivity index (χ1) is 9.54. The van der Waals surface area contributed by atoms with E-state index in [9.17, 15) is 9.18 Å². The van der Waals surface area contributed by atoms with E-state index in [-0.39, 0.29) is 5.82 Å². The van der Waals surface area contributed by atoms with E-state index in [1.807, 2.05) is 23.4 Å². The summed E-state index contributed by atoms with van der Waals surface area (Å²) in [6.45, 7) is 0.692. The Labute approximate surface area is 120 Å². The van der Waals surface area contributed by atoms with Crippen LogP contribution in [0.5, 0.6) is 0 Å². The maximum absolute atomic E-state index is 12.9. The summed E-state index contributed by atoms with van der Waals surface area (Å²) >= 11 is 1.57. The first-order valence-corrected chi connectivity index (χ1v) is 6.87. The average Bonchev–Trinajstić information content (AvgIpc) is 2.84. The second-order valence-corrected chi connectivity index (χ2v) is 5.35. The van der Waals surface area contributed by atoms with Gasteiger partial charge in [0.2, 0.25) is 0 Å². The highest BCUT2D eigenvalue weighted by Crippen LogP contribution is 2.21. The highest BCUT2D eigenvalue weighted by Gasteiger charge is 2.04. The van der Waals surface area contributed by atoms with Crippen LogP contribution in [0.4, 0.5) is 10.1 Å². The maximum Gasteiger partial charge on any atom is 0.328 e. The zero-order chi connectivity index (χ0) is 14.5. The minimum atomic E-state index is -0.957. The van der Waals surface area contributed by atoms with Crippen LogP contribution in [0.2, 0.25) is 0 Å². The topological polar surface area (TPSA) is 40.5 Å². The summed E-state index contributed by atoms with van der Waals surface area (Å²) in [6, 6.07) is 8.27. The van der Waals surface area contributed by atoms with E-state index in [4.69, 9.17) is 5.11 Å². The number of carboxylic acids is 1. The highest BCUT2D eigenvalue weighted by molar-refractivity contribution is 7.10. The summed E-state index contributed by atoms with van der Waals surface area (Å²) in [7, 11) is 1.93. The van der Waals surface area contributed by atoms with Crippen LogP contribution in [0.1, 0.15) is 10.4 Å². The lowest BCUT2D eigenvalue weighted by molar-refractivity contribution is -0.131. The fourth-order valence-electron chi connectivity index (χ4n) is 1.76. The molecule has 0 spiro atoms. The van der Waals surface area contributed by atoms with Gasteiger partial charge < -0.3 is 10.0 Å². The fourth-order valence-corrected chi connectivity index (χ4v) is 2.66. The number of halogens is 1. The molecule has 0 aliphatic rings. The van der Waals surface area contributed by atoms with Gasteiger partial charge in [0.15, 0.2) is 0 Å². The molecule has 0 saturated carbocycles. The van der Waals surface area contributed by atoms with Crippen LogP contribution in [-0.4, -0.2) is 18.1 Å². The van der Waals surface area contributed by atoms with Crippen LogP contribution in [-0.2, 0) is 11.3 Å². The third kappa shape index (κ3) is 3.93. The smallest absolute Gasteiger partial charge is 0.328 e. The molecule has 0 aliphatic heterocycles. The Kier molecular flexibility index (Phi) is 4.53. The van der Waals surface area contributed by atoms with Crippen LogP contribution in [0.25, 0.3) is 6.08 Å². The van der Waals surface area contributed by atoms with E-state index >= 15 is 0 Å². The van der Waals surface area contributed by atoms with Gasteiger partial charge in [-0.1, -0.05) is 0 Å². The van der Waals surface area contributed by atoms with Crippen LogP contribution in [0, 0.1) is 5.82 Å². The molecule has 0 aliphatic carbocycles. The molecule has 1 aromatic carbocycles. The lowest BCUT2D eigenvalue weighted by Crippen LogP contribution is -2.15. The molecule has 1 aromatic heterocycles. The number of benzene rings is 1. The Morgan fingerprint density at radius 1 is 1.40 bits per heavy atom. The Bertz CT molecular complexity index is 619. The van der Waals surface area contributed by atoms with Gasteiger partial charge in [0.25, 0.3) is 0 Å². The van der Waals surface area contributed by atoms with Crippen molar-refractivity contribution in [3.8, 4) is 0 Å². The molecule has 0 fully saturated rings.